The van der Waals surface area contributed by atoms with Gasteiger partial charge in [-0.1, -0.05) is 6.92 Å². The first kappa shape index (κ1) is 13.9. The summed E-state index contributed by atoms with van der Waals surface area (Å²) in [7, 11) is 0. The van der Waals surface area contributed by atoms with Crippen LogP contribution < -0.4 is 0 Å². The second kappa shape index (κ2) is 8.21. The van der Waals surface area contributed by atoms with Gasteiger partial charge in [0.1, 0.15) is 0 Å². The molecule has 0 bridgehead atoms. The van der Waals surface area contributed by atoms with Crippen LogP contribution in [-0.2, 0) is 14.2 Å². The van der Waals surface area contributed by atoms with Crippen molar-refractivity contribution < 1.29 is 14.2 Å². The SMILES string of the molecule is [CH2]COCCOCC(C)(C[CH2])OC[CH2]. The molecule has 0 aliphatic heterocycles. The van der Waals surface area contributed by atoms with E-state index in [0.29, 0.717) is 39.5 Å². The maximum atomic E-state index is 5.43. The first-order chi connectivity index (χ1) is 6.68. The molecule has 0 aliphatic rings. The minimum absolute atomic E-state index is 0.327. The van der Waals surface area contributed by atoms with E-state index >= 15 is 0 Å². The predicted octanol–water partition coefficient (Wildman–Crippen LogP) is 1.69. The maximum absolute atomic E-state index is 5.43. The topological polar surface area (TPSA) is 27.7 Å². The summed E-state index contributed by atoms with van der Waals surface area (Å²) in [5.74, 6) is 0. The van der Waals surface area contributed by atoms with Crippen LogP contribution in [0.4, 0.5) is 0 Å². The van der Waals surface area contributed by atoms with Crippen molar-refractivity contribution in [1.29, 1.82) is 0 Å². The van der Waals surface area contributed by atoms with Gasteiger partial charge in [0.2, 0.25) is 0 Å². The Labute approximate surface area is 87.7 Å². The lowest BCUT2D eigenvalue weighted by atomic mass is 10.1. The quantitative estimate of drug-likeness (QED) is 0.531. The normalized spacial score (nSPS) is 15.4. The zero-order chi connectivity index (χ0) is 10.9. The molecule has 0 spiro atoms. The molecular formula is C11H21O3. The lowest BCUT2D eigenvalue weighted by Crippen LogP contribution is -2.34. The van der Waals surface area contributed by atoms with Crippen LogP contribution >= 0.6 is 0 Å². The lowest BCUT2D eigenvalue weighted by molar-refractivity contribution is -0.0824. The number of hydrogen-bond donors (Lipinski definition) is 0. The summed E-state index contributed by atoms with van der Waals surface area (Å²) < 4.78 is 15.9. The second-order valence-electron chi connectivity index (χ2n) is 3.21. The third-order valence-electron chi connectivity index (χ3n) is 1.90. The molecule has 0 aromatic carbocycles. The van der Waals surface area contributed by atoms with Crippen LogP contribution in [0.1, 0.15) is 13.3 Å². The highest BCUT2D eigenvalue weighted by atomic mass is 16.6. The Balaban J connectivity index is 3.51. The maximum Gasteiger partial charge on any atom is 0.0886 e. The van der Waals surface area contributed by atoms with Gasteiger partial charge in [0, 0.05) is 13.2 Å². The summed E-state index contributed by atoms with van der Waals surface area (Å²) in [6.45, 7) is 15.5. The summed E-state index contributed by atoms with van der Waals surface area (Å²) in [4.78, 5) is 0. The first-order valence-corrected chi connectivity index (χ1v) is 4.85. The molecule has 0 rings (SSSR count). The van der Waals surface area contributed by atoms with Gasteiger partial charge >= 0.3 is 0 Å². The molecule has 14 heavy (non-hydrogen) atoms. The van der Waals surface area contributed by atoms with E-state index in [-0.39, 0.29) is 5.60 Å². The second-order valence-corrected chi connectivity index (χ2v) is 3.21. The molecule has 3 heteroatoms. The summed E-state index contributed by atoms with van der Waals surface area (Å²) in [5, 5.41) is 0. The lowest BCUT2D eigenvalue weighted by Gasteiger charge is -2.27. The van der Waals surface area contributed by atoms with Crippen molar-refractivity contribution >= 4 is 0 Å². The Hall–Kier alpha value is -0.120. The molecule has 83 valence electrons. The summed E-state index contributed by atoms with van der Waals surface area (Å²) in [5.41, 5.74) is -0.327. The molecule has 1 atom stereocenters. The summed E-state index contributed by atoms with van der Waals surface area (Å²) >= 11 is 0. The molecule has 3 nitrogen and oxygen atoms in total. The van der Waals surface area contributed by atoms with Crippen molar-refractivity contribution in [3.05, 3.63) is 20.8 Å². The Bertz CT molecular complexity index is 128. The van der Waals surface area contributed by atoms with Crippen molar-refractivity contribution in [2.24, 2.45) is 0 Å². The van der Waals surface area contributed by atoms with Gasteiger partial charge in [-0.3, -0.25) is 0 Å². The van der Waals surface area contributed by atoms with E-state index in [1.807, 2.05) is 6.92 Å². The highest BCUT2D eigenvalue weighted by Crippen LogP contribution is 2.14. The van der Waals surface area contributed by atoms with Gasteiger partial charge in [-0.15, -0.1) is 0 Å². The largest absolute Gasteiger partial charge is 0.379 e. The van der Waals surface area contributed by atoms with Gasteiger partial charge in [-0.2, -0.15) is 0 Å². The molecular weight excluding hydrogens is 180 g/mol. The average Bonchev–Trinajstić information content (AvgIpc) is 2.18. The molecule has 0 aliphatic carbocycles. The smallest absolute Gasteiger partial charge is 0.0886 e. The van der Waals surface area contributed by atoms with E-state index in [1.54, 1.807) is 0 Å². The Kier molecular flexibility index (Phi) is 8.14. The minimum atomic E-state index is -0.327. The molecule has 0 aromatic rings. The van der Waals surface area contributed by atoms with Gasteiger partial charge in [0.05, 0.1) is 25.4 Å². The van der Waals surface area contributed by atoms with E-state index < -0.39 is 0 Å². The average molecular weight is 201 g/mol. The molecule has 1 unspecified atom stereocenters. The van der Waals surface area contributed by atoms with Crippen molar-refractivity contribution in [2.45, 2.75) is 18.9 Å². The number of rotatable bonds is 9. The fourth-order valence-corrected chi connectivity index (χ4v) is 0.940. The van der Waals surface area contributed by atoms with Gasteiger partial charge in [0.15, 0.2) is 0 Å². The van der Waals surface area contributed by atoms with Crippen molar-refractivity contribution in [1.82, 2.24) is 0 Å². The van der Waals surface area contributed by atoms with Crippen LogP contribution in [0.2, 0.25) is 0 Å². The summed E-state index contributed by atoms with van der Waals surface area (Å²) in [6, 6.07) is 0. The Morgan fingerprint density at radius 2 is 1.64 bits per heavy atom. The molecule has 0 N–H and O–H groups in total. The van der Waals surface area contributed by atoms with E-state index in [4.69, 9.17) is 14.2 Å². The molecule has 0 heterocycles. The van der Waals surface area contributed by atoms with Gasteiger partial charge in [-0.25, -0.2) is 0 Å². The molecule has 0 amide bonds. The fraction of sp³-hybridized carbons (Fsp3) is 0.727. The molecule has 0 aromatic heterocycles. The van der Waals surface area contributed by atoms with Crippen molar-refractivity contribution in [2.75, 3.05) is 33.0 Å². The van der Waals surface area contributed by atoms with Crippen molar-refractivity contribution in [3.63, 3.8) is 0 Å². The zero-order valence-corrected chi connectivity index (χ0v) is 9.09. The third-order valence-corrected chi connectivity index (χ3v) is 1.90. The van der Waals surface area contributed by atoms with Crippen LogP contribution in [0.15, 0.2) is 0 Å². The standard InChI is InChI=1S/C11H21O3/c1-5-11(4,14-7-3)10-13-9-8-12-6-2/h1-3,5-10H2,4H3. The highest BCUT2D eigenvalue weighted by molar-refractivity contribution is 4.76. The minimum Gasteiger partial charge on any atom is -0.379 e. The zero-order valence-electron chi connectivity index (χ0n) is 9.09. The summed E-state index contributed by atoms with van der Waals surface area (Å²) in [6.07, 6.45) is 0.665. The molecule has 0 fully saturated rings. The fourth-order valence-electron chi connectivity index (χ4n) is 0.940. The number of ether oxygens (including phenoxy) is 3. The van der Waals surface area contributed by atoms with Crippen LogP contribution in [0.25, 0.3) is 0 Å². The van der Waals surface area contributed by atoms with Gasteiger partial charge < -0.3 is 14.2 Å². The van der Waals surface area contributed by atoms with Crippen LogP contribution in [0.3, 0.4) is 0 Å². The van der Waals surface area contributed by atoms with E-state index in [2.05, 4.69) is 20.8 Å². The predicted molar refractivity (Wildman–Crippen MR) is 56.7 cm³/mol. The van der Waals surface area contributed by atoms with Crippen LogP contribution in [0, 0.1) is 20.8 Å². The van der Waals surface area contributed by atoms with Crippen LogP contribution in [0.5, 0.6) is 0 Å². The molecule has 0 saturated carbocycles. The monoisotopic (exact) mass is 201 g/mol. The first-order valence-electron chi connectivity index (χ1n) is 4.85. The van der Waals surface area contributed by atoms with Crippen LogP contribution in [-0.4, -0.2) is 38.6 Å². The van der Waals surface area contributed by atoms with Gasteiger partial charge in [-0.05, 0) is 27.2 Å². The third kappa shape index (κ3) is 6.35. The Morgan fingerprint density at radius 3 is 2.14 bits per heavy atom. The van der Waals surface area contributed by atoms with E-state index in [0.717, 1.165) is 0 Å². The molecule has 0 saturated heterocycles. The number of hydrogen-bond acceptors (Lipinski definition) is 3. The Morgan fingerprint density at radius 1 is 1.00 bits per heavy atom. The van der Waals surface area contributed by atoms with Crippen molar-refractivity contribution in [3.8, 4) is 0 Å². The van der Waals surface area contributed by atoms with E-state index in [9.17, 15) is 0 Å². The molecule has 3 radical (unpaired) electrons. The highest BCUT2D eigenvalue weighted by Gasteiger charge is 2.22. The van der Waals surface area contributed by atoms with E-state index in [1.165, 1.54) is 0 Å². The van der Waals surface area contributed by atoms with Gasteiger partial charge in [0.25, 0.3) is 0 Å².